The van der Waals surface area contributed by atoms with Crippen molar-refractivity contribution < 1.29 is 28.0 Å². The van der Waals surface area contributed by atoms with Gasteiger partial charge in [-0.15, -0.1) is 0 Å². The summed E-state index contributed by atoms with van der Waals surface area (Å²) in [7, 11) is 0. The van der Waals surface area contributed by atoms with Crippen molar-refractivity contribution in [1.82, 2.24) is 10.1 Å². The zero-order valence-electron chi connectivity index (χ0n) is 17.0. The molecule has 1 aliphatic rings. The van der Waals surface area contributed by atoms with E-state index in [-0.39, 0.29) is 43.0 Å². The number of carbonyl (C=O) groups is 2. The van der Waals surface area contributed by atoms with Crippen LogP contribution in [-0.2, 0) is 20.9 Å². The highest BCUT2D eigenvalue weighted by molar-refractivity contribution is 6.00. The Hall–Kier alpha value is -3.75. The van der Waals surface area contributed by atoms with Gasteiger partial charge in [-0.25, -0.2) is 4.39 Å². The zero-order chi connectivity index (χ0) is 22.0. The van der Waals surface area contributed by atoms with Crippen molar-refractivity contribution in [3.05, 3.63) is 59.7 Å². The van der Waals surface area contributed by atoms with Crippen LogP contribution < -0.4 is 9.64 Å². The van der Waals surface area contributed by atoms with Gasteiger partial charge in [0.25, 0.3) is 11.8 Å². The van der Waals surface area contributed by atoms with Crippen molar-refractivity contribution >= 4 is 17.6 Å². The summed E-state index contributed by atoms with van der Waals surface area (Å²) in [4.78, 5) is 30.3. The van der Waals surface area contributed by atoms with Gasteiger partial charge in [-0.1, -0.05) is 29.4 Å². The fourth-order valence-electron chi connectivity index (χ4n) is 3.17. The monoisotopic (exact) mass is 425 g/mol. The highest BCUT2D eigenvalue weighted by Gasteiger charge is 2.31. The second-order valence-corrected chi connectivity index (χ2v) is 7.10. The van der Waals surface area contributed by atoms with Gasteiger partial charge in [0.15, 0.2) is 12.7 Å². The fraction of sp³-hybridized carbons (Fsp3) is 0.273. The van der Waals surface area contributed by atoms with Gasteiger partial charge in [0.1, 0.15) is 11.6 Å². The number of hydrogen-bond donors (Lipinski definition) is 0. The van der Waals surface area contributed by atoms with Gasteiger partial charge in [-0.05, 0) is 37.6 Å². The van der Waals surface area contributed by atoms with Crippen LogP contribution >= 0.6 is 0 Å². The van der Waals surface area contributed by atoms with Crippen LogP contribution in [0.2, 0.25) is 0 Å². The molecule has 4 rings (SSSR count). The molecular weight excluding hydrogens is 405 g/mol. The van der Waals surface area contributed by atoms with Crippen LogP contribution in [0.4, 0.5) is 10.1 Å². The molecule has 0 bridgehead atoms. The van der Waals surface area contributed by atoms with E-state index in [4.69, 9.17) is 14.0 Å². The number of rotatable bonds is 6. The van der Waals surface area contributed by atoms with Gasteiger partial charge in [-0.3, -0.25) is 9.59 Å². The topological polar surface area (TPSA) is 94.8 Å². The number of nitrogens with zero attached hydrogens (tertiary/aromatic N) is 3. The van der Waals surface area contributed by atoms with E-state index in [2.05, 4.69) is 10.1 Å². The maximum Gasteiger partial charge on any atom is 0.308 e. The van der Waals surface area contributed by atoms with Crippen molar-refractivity contribution in [3.63, 3.8) is 0 Å². The number of aromatic nitrogens is 2. The van der Waals surface area contributed by atoms with E-state index in [1.165, 1.54) is 11.0 Å². The Balaban J connectivity index is 1.34. The van der Waals surface area contributed by atoms with E-state index < -0.39 is 12.1 Å². The van der Waals surface area contributed by atoms with Crippen LogP contribution in [0, 0.1) is 12.7 Å². The minimum absolute atomic E-state index is 0.0169. The summed E-state index contributed by atoms with van der Waals surface area (Å²) in [6.07, 6.45) is -0.647. The van der Waals surface area contributed by atoms with Gasteiger partial charge >= 0.3 is 5.97 Å². The Kier molecular flexibility index (Phi) is 5.66. The molecule has 2 aromatic carbocycles. The predicted octanol–water partition coefficient (Wildman–Crippen LogP) is 3.43. The molecule has 0 saturated carbocycles. The van der Waals surface area contributed by atoms with Crippen LogP contribution in [0.5, 0.6) is 5.75 Å². The molecular formula is C22H20FN3O5. The molecule has 0 radical (unpaired) electrons. The fourth-order valence-corrected chi connectivity index (χ4v) is 3.17. The van der Waals surface area contributed by atoms with E-state index >= 15 is 0 Å². The van der Waals surface area contributed by atoms with Gasteiger partial charge < -0.3 is 18.9 Å². The summed E-state index contributed by atoms with van der Waals surface area (Å²) < 4.78 is 29.6. The molecule has 160 valence electrons. The Morgan fingerprint density at radius 3 is 2.87 bits per heavy atom. The number of benzene rings is 2. The minimum Gasteiger partial charge on any atom is -0.479 e. The number of amides is 1. The third-order valence-electron chi connectivity index (χ3n) is 4.87. The standard InChI is InChI=1S/C22H20FN3O5/c1-13-7-8-15(11-16(13)23)21-24-19(31-25-21)12-29-20(27)9-10-26-17-5-3-4-6-18(17)30-14(2)22(26)28/h3-8,11,14H,9-10,12H2,1-2H3. The number of fused-ring (bicyclic) bond motifs is 1. The number of carbonyl (C=O) groups excluding carboxylic acids is 2. The number of esters is 1. The Labute approximate surface area is 177 Å². The molecule has 1 atom stereocenters. The summed E-state index contributed by atoms with van der Waals surface area (Å²) >= 11 is 0. The molecule has 0 saturated heterocycles. The average Bonchev–Trinajstić information content (AvgIpc) is 3.23. The first kappa shape index (κ1) is 20.5. The summed E-state index contributed by atoms with van der Waals surface area (Å²) in [6.45, 7) is 3.25. The van der Waals surface area contributed by atoms with E-state index in [9.17, 15) is 14.0 Å². The van der Waals surface area contributed by atoms with Crippen LogP contribution in [-0.4, -0.2) is 34.7 Å². The Bertz CT molecular complexity index is 1130. The molecule has 2 heterocycles. The molecule has 1 aromatic heterocycles. The largest absolute Gasteiger partial charge is 0.479 e. The smallest absolute Gasteiger partial charge is 0.308 e. The molecule has 1 amide bonds. The predicted molar refractivity (Wildman–Crippen MR) is 108 cm³/mol. The third kappa shape index (κ3) is 4.40. The maximum absolute atomic E-state index is 13.7. The Morgan fingerprint density at radius 2 is 2.06 bits per heavy atom. The first-order valence-electron chi connectivity index (χ1n) is 9.74. The normalized spacial score (nSPS) is 15.4. The highest BCUT2D eigenvalue weighted by atomic mass is 19.1. The van der Waals surface area contributed by atoms with E-state index in [0.29, 0.717) is 22.6 Å². The highest BCUT2D eigenvalue weighted by Crippen LogP contribution is 2.33. The first-order chi connectivity index (χ1) is 14.9. The molecule has 9 heteroatoms. The lowest BCUT2D eigenvalue weighted by Gasteiger charge is -2.32. The van der Waals surface area contributed by atoms with Crippen molar-refractivity contribution in [2.75, 3.05) is 11.4 Å². The summed E-state index contributed by atoms with van der Waals surface area (Å²) in [5.74, 6) is -0.234. The molecule has 31 heavy (non-hydrogen) atoms. The minimum atomic E-state index is -0.630. The number of aryl methyl sites for hydroxylation is 1. The van der Waals surface area contributed by atoms with Gasteiger partial charge in [0, 0.05) is 12.1 Å². The van der Waals surface area contributed by atoms with Crippen LogP contribution in [0.15, 0.2) is 47.0 Å². The van der Waals surface area contributed by atoms with Crippen molar-refractivity contribution in [2.24, 2.45) is 0 Å². The van der Waals surface area contributed by atoms with Crippen LogP contribution in [0.1, 0.15) is 24.8 Å². The van der Waals surface area contributed by atoms with Gasteiger partial charge in [0.05, 0.1) is 12.1 Å². The van der Waals surface area contributed by atoms with Crippen LogP contribution in [0.25, 0.3) is 11.4 Å². The molecule has 0 aliphatic carbocycles. The van der Waals surface area contributed by atoms with E-state index in [1.807, 2.05) is 6.07 Å². The number of para-hydroxylation sites is 2. The van der Waals surface area contributed by atoms with Gasteiger partial charge in [-0.2, -0.15) is 4.98 Å². The second kappa shape index (κ2) is 8.55. The zero-order valence-corrected chi connectivity index (χ0v) is 17.0. The molecule has 8 nitrogen and oxygen atoms in total. The number of hydrogen-bond acceptors (Lipinski definition) is 7. The second-order valence-electron chi connectivity index (χ2n) is 7.10. The summed E-state index contributed by atoms with van der Waals surface area (Å²) in [5.41, 5.74) is 1.59. The third-order valence-corrected chi connectivity index (χ3v) is 4.87. The lowest BCUT2D eigenvalue weighted by molar-refractivity contribution is -0.145. The molecule has 1 aliphatic heterocycles. The Morgan fingerprint density at radius 1 is 1.26 bits per heavy atom. The molecule has 0 fully saturated rings. The molecule has 3 aromatic rings. The van der Waals surface area contributed by atoms with E-state index in [1.54, 1.807) is 44.2 Å². The lowest BCUT2D eigenvalue weighted by Crippen LogP contribution is -2.45. The molecule has 0 N–H and O–H groups in total. The first-order valence-corrected chi connectivity index (χ1v) is 9.74. The van der Waals surface area contributed by atoms with Crippen LogP contribution in [0.3, 0.4) is 0 Å². The molecule has 0 spiro atoms. The SMILES string of the molecule is Cc1ccc(-c2noc(COC(=O)CCN3C(=O)C(C)Oc4ccccc43)n2)cc1F. The van der Waals surface area contributed by atoms with Crippen molar-refractivity contribution in [1.29, 1.82) is 0 Å². The van der Waals surface area contributed by atoms with E-state index in [0.717, 1.165) is 0 Å². The number of ether oxygens (including phenoxy) is 2. The number of halogens is 1. The maximum atomic E-state index is 13.7. The average molecular weight is 425 g/mol. The van der Waals surface area contributed by atoms with Crippen molar-refractivity contribution in [2.45, 2.75) is 33.0 Å². The lowest BCUT2D eigenvalue weighted by atomic mass is 10.1. The molecule has 1 unspecified atom stereocenters. The number of anilines is 1. The quantitative estimate of drug-likeness (QED) is 0.559. The van der Waals surface area contributed by atoms with Gasteiger partial charge in [0.2, 0.25) is 5.82 Å². The van der Waals surface area contributed by atoms with Crippen molar-refractivity contribution in [3.8, 4) is 17.1 Å². The summed E-state index contributed by atoms with van der Waals surface area (Å²) in [6, 6.07) is 11.8. The summed E-state index contributed by atoms with van der Waals surface area (Å²) in [5, 5.41) is 3.79.